The Morgan fingerprint density at radius 3 is 2.83 bits per heavy atom. The van der Waals surface area contributed by atoms with Crippen molar-refractivity contribution in [3.8, 4) is 17.5 Å². The topological polar surface area (TPSA) is 73.8 Å². The first-order valence-corrected chi connectivity index (χ1v) is 9.66. The average Bonchev–Trinajstić information content (AvgIpc) is 3.22. The van der Waals surface area contributed by atoms with Crippen molar-refractivity contribution in [3.63, 3.8) is 0 Å². The van der Waals surface area contributed by atoms with Crippen LogP contribution in [0, 0.1) is 0 Å². The number of ether oxygens (including phenoxy) is 3. The molecule has 2 aromatic carbocycles. The molecule has 0 saturated carbocycles. The summed E-state index contributed by atoms with van der Waals surface area (Å²) in [6, 6.07) is 11.7. The number of benzene rings is 2. The maximum Gasteiger partial charge on any atom is 0.258 e. The summed E-state index contributed by atoms with van der Waals surface area (Å²) in [6.07, 6.45) is 3.64. The third-order valence-corrected chi connectivity index (χ3v) is 4.92. The number of nitrogens with zero attached hydrogens (tertiary/aromatic N) is 3. The van der Waals surface area contributed by atoms with Gasteiger partial charge in [0.15, 0.2) is 0 Å². The predicted octanol–water partition coefficient (Wildman–Crippen LogP) is 3.33. The van der Waals surface area contributed by atoms with Crippen LogP contribution < -0.4 is 14.2 Å². The molecule has 7 heteroatoms. The second-order valence-electron chi connectivity index (χ2n) is 6.77. The average molecular weight is 393 g/mol. The third kappa shape index (κ3) is 3.94. The van der Waals surface area contributed by atoms with Gasteiger partial charge >= 0.3 is 0 Å². The lowest BCUT2D eigenvalue weighted by Gasteiger charge is -2.20. The second-order valence-corrected chi connectivity index (χ2v) is 6.77. The van der Waals surface area contributed by atoms with E-state index in [0.717, 1.165) is 17.2 Å². The van der Waals surface area contributed by atoms with Crippen LogP contribution in [0.1, 0.15) is 23.7 Å². The lowest BCUT2D eigenvalue weighted by molar-refractivity contribution is 0.0769. The standard InChI is InChI=1S/C22H23N3O4/c1-3-28-18-9-8-15-6-4-5-7-17(15)21(18)22(26)25-11-10-16(14-25)29-20-13-23-12-19(24-20)27-2/h4-9,12-13,16H,3,10-11,14H2,1-2H3. The van der Waals surface area contributed by atoms with Gasteiger partial charge in [-0.2, -0.15) is 4.98 Å². The fourth-order valence-corrected chi connectivity index (χ4v) is 3.57. The molecule has 0 N–H and O–H groups in total. The van der Waals surface area contributed by atoms with Gasteiger partial charge in [-0.3, -0.25) is 9.78 Å². The van der Waals surface area contributed by atoms with Gasteiger partial charge < -0.3 is 19.1 Å². The lowest BCUT2D eigenvalue weighted by Crippen LogP contribution is -2.31. The van der Waals surface area contributed by atoms with Crippen molar-refractivity contribution in [3.05, 3.63) is 54.4 Å². The Hall–Kier alpha value is -3.35. The number of carbonyl (C=O) groups is 1. The van der Waals surface area contributed by atoms with Crippen LogP contribution in [0.3, 0.4) is 0 Å². The zero-order valence-corrected chi connectivity index (χ0v) is 16.5. The zero-order valence-electron chi connectivity index (χ0n) is 16.5. The Morgan fingerprint density at radius 1 is 1.17 bits per heavy atom. The van der Waals surface area contributed by atoms with E-state index in [-0.39, 0.29) is 12.0 Å². The van der Waals surface area contributed by atoms with E-state index < -0.39 is 0 Å². The first-order valence-electron chi connectivity index (χ1n) is 9.66. The summed E-state index contributed by atoms with van der Waals surface area (Å²) >= 11 is 0. The maximum absolute atomic E-state index is 13.4. The fourth-order valence-electron chi connectivity index (χ4n) is 3.57. The van der Waals surface area contributed by atoms with Crippen LogP contribution in [0.4, 0.5) is 0 Å². The summed E-state index contributed by atoms with van der Waals surface area (Å²) in [6.45, 7) is 3.50. The molecule has 2 heterocycles. The van der Waals surface area contributed by atoms with Crippen LogP contribution in [0.15, 0.2) is 48.8 Å². The van der Waals surface area contributed by atoms with Gasteiger partial charge in [0.25, 0.3) is 5.91 Å². The Morgan fingerprint density at radius 2 is 2.00 bits per heavy atom. The predicted molar refractivity (Wildman–Crippen MR) is 109 cm³/mol. The molecular formula is C22H23N3O4. The van der Waals surface area contributed by atoms with Gasteiger partial charge in [-0.1, -0.05) is 30.3 Å². The highest BCUT2D eigenvalue weighted by molar-refractivity contribution is 6.09. The molecular weight excluding hydrogens is 370 g/mol. The molecule has 1 aliphatic rings. The van der Waals surface area contributed by atoms with Crippen molar-refractivity contribution in [2.75, 3.05) is 26.8 Å². The Labute approximate surface area is 169 Å². The van der Waals surface area contributed by atoms with Gasteiger partial charge in [0.2, 0.25) is 11.8 Å². The summed E-state index contributed by atoms with van der Waals surface area (Å²) in [7, 11) is 1.53. The molecule has 1 saturated heterocycles. The minimum Gasteiger partial charge on any atom is -0.493 e. The van der Waals surface area contributed by atoms with Crippen molar-refractivity contribution >= 4 is 16.7 Å². The highest BCUT2D eigenvalue weighted by atomic mass is 16.5. The number of methoxy groups -OCH3 is 1. The van der Waals surface area contributed by atoms with Crippen LogP contribution >= 0.6 is 0 Å². The molecule has 7 nitrogen and oxygen atoms in total. The number of rotatable bonds is 6. The molecule has 1 aromatic heterocycles. The molecule has 1 aliphatic heterocycles. The van der Waals surface area contributed by atoms with Crippen LogP contribution in [0.5, 0.6) is 17.5 Å². The molecule has 0 bridgehead atoms. The number of hydrogen-bond donors (Lipinski definition) is 0. The molecule has 1 amide bonds. The van der Waals surface area contributed by atoms with Crippen LogP contribution in [-0.4, -0.2) is 53.7 Å². The molecule has 0 aliphatic carbocycles. The van der Waals surface area contributed by atoms with E-state index in [4.69, 9.17) is 14.2 Å². The van der Waals surface area contributed by atoms with Crippen molar-refractivity contribution in [2.45, 2.75) is 19.4 Å². The summed E-state index contributed by atoms with van der Waals surface area (Å²) in [5.41, 5.74) is 0.603. The van der Waals surface area contributed by atoms with Gasteiger partial charge in [-0.25, -0.2) is 0 Å². The molecule has 1 unspecified atom stereocenters. The SMILES string of the molecule is CCOc1ccc2ccccc2c1C(=O)N1CCC(Oc2cncc(OC)n2)C1. The second kappa shape index (κ2) is 8.34. The highest BCUT2D eigenvalue weighted by Crippen LogP contribution is 2.31. The minimum absolute atomic E-state index is 0.0481. The Balaban J connectivity index is 1.55. The summed E-state index contributed by atoms with van der Waals surface area (Å²) in [5.74, 6) is 1.35. The Bertz CT molecular complexity index is 1020. The zero-order chi connectivity index (χ0) is 20.2. The molecule has 29 heavy (non-hydrogen) atoms. The van der Waals surface area contributed by atoms with Crippen molar-refractivity contribution in [1.82, 2.24) is 14.9 Å². The van der Waals surface area contributed by atoms with Gasteiger partial charge in [-0.05, 0) is 23.8 Å². The maximum atomic E-state index is 13.4. The quantitative estimate of drug-likeness (QED) is 0.640. The minimum atomic E-state index is -0.147. The monoisotopic (exact) mass is 393 g/mol. The van der Waals surface area contributed by atoms with E-state index in [0.29, 0.717) is 42.8 Å². The lowest BCUT2D eigenvalue weighted by atomic mass is 10.0. The molecule has 1 fully saturated rings. The highest BCUT2D eigenvalue weighted by Gasteiger charge is 2.31. The van der Waals surface area contributed by atoms with E-state index in [1.165, 1.54) is 13.3 Å². The number of likely N-dealkylation sites (tertiary alicyclic amines) is 1. The molecule has 4 rings (SSSR count). The normalized spacial score (nSPS) is 16.1. The van der Waals surface area contributed by atoms with Crippen molar-refractivity contribution in [1.29, 1.82) is 0 Å². The largest absolute Gasteiger partial charge is 0.493 e. The summed E-state index contributed by atoms with van der Waals surface area (Å²) in [5, 5.41) is 1.91. The molecule has 0 radical (unpaired) electrons. The van der Waals surface area contributed by atoms with Gasteiger partial charge in [0.05, 0.1) is 38.2 Å². The molecule has 1 atom stereocenters. The van der Waals surface area contributed by atoms with Gasteiger partial charge in [0.1, 0.15) is 11.9 Å². The number of amides is 1. The van der Waals surface area contributed by atoms with E-state index in [1.807, 2.05) is 48.2 Å². The van der Waals surface area contributed by atoms with E-state index >= 15 is 0 Å². The van der Waals surface area contributed by atoms with E-state index in [1.54, 1.807) is 6.20 Å². The molecule has 150 valence electrons. The van der Waals surface area contributed by atoms with Crippen LogP contribution in [0.2, 0.25) is 0 Å². The van der Waals surface area contributed by atoms with Crippen molar-refractivity contribution < 1.29 is 19.0 Å². The first-order chi connectivity index (χ1) is 14.2. The van der Waals surface area contributed by atoms with Gasteiger partial charge in [-0.15, -0.1) is 0 Å². The van der Waals surface area contributed by atoms with Crippen LogP contribution in [0.25, 0.3) is 10.8 Å². The fraction of sp³-hybridized carbons (Fsp3) is 0.318. The van der Waals surface area contributed by atoms with E-state index in [2.05, 4.69) is 9.97 Å². The Kier molecular flexibility index (Phi) is 5.46. The van der Waals surface area contributed by atoms with Crippen molar-refractivity contribution in [2.24, 2.45) is 0 Å². The number of carbonyl (C=O) groups excluding carboxylic acids is 1. The summed E-state index contributed by atoms with van der Waals surface area (Å²) < 4.78 is 16.8. The summed E-state index contributed by atoms with van der Waals surface area (Å²) in [4.78, 5) is 23.5. The number of fused-ring (bicyclic) bond motifs is 1. The molecule has 3 aromatic rings. The molecule has 0 spiro atoms. The number of hydrogen-bond acceptors (Lipinski definition) is 6. The smallest absolute Gasteiger partial charge is 0.258 e. The van der Waals surface area contributed by atoms with Crippen LogP contribution in [-0.2, 0) is 0 Å². The number of aromatic nitrogens is 2. The third-order valence-electron chi connectivity index (χ3n) is 4.92. The first kappa shape index (κ1) is 19.0. The van der Waals surface area contributed by atoms with Gasteiger partial charge in [0, 0.05) is 13.0 Å². The van der Waals surface area contributed by atoms with E-state index in [9.17, 15) is 4.79 Å².